The van der Waals surface area contributed by atoms with Crippen molar-refractivity contribution < 1.29 is 0 Å². The van der Waals surface area contributed by atoms with E-state index < -0.39 is 0 Å². The van der Waals surface area contributed by atoms with E-state index in [0.717, 1.165) is 31.9 Å². The van der Waals surface area contributed by atoms with E-state index in [2.05, 4.69) is 33.2 Å². The summed E-state index contributed by atoms with van der Waals surface area (Å²) < 4.78 is 0. The number of anilines is 1. The molecule has 94 valence electrons. The van der Waals surface area contributed by atoms with Crippen molar-refractivity contribution in [3.8, 4) is 6.07 Å². The zero-order valence-corrected chi connectivity index (χ0v) is 10.5. The molecule has 1 aromatic heterocycles. The van der Waals surface area contributed by atoms with Crippen LogP contribution in [0.1, 0.15) is 19.0 Å². The molecule has 2 aliphatic heterocycles. The molecule has 3 atom stereocenters. The Hall–Kier alpha value is -1.67. The van der Waals surface area contributed by atoms with E-state index in [1.54, 1.807) is 12.4 Å². The van der Waals surface area contributed by atoms with Crippen LogP contribution < -0.4 is 10.2 Å². The summed E-state index contributed by atoms with van der Waals surface area (Å²) in [5, 5.41) is 12.6. The molecule has 2 fully saturated rings. The first-order valence-electron chi connectivity index (χ1n) is 6.53. The highest BCUT2D eigenvalue weighted by atomic mass is 15.3. The maximum atomic E-state index is 9.15. The second-order valence-corrected chi connectivity index (χ2v) is 5.05. The normalized spacial score (nSPS) is 30.2. The van der Waals surface area contributed by atoms with E-state index in [9.17, 15) is 0 Å². The summed E-state index contributed by atoms with van der Waals surface area (Å²) in [4.78, 5) is 10.8. The van der Waals surface area contributed by atoms with E-state index in [1.165, 1.54) is 0 Å². The van der Waals surface area contributed by atoms with E-state index in [0.29, 0.717) is 23.6 Å². The summed E-state index contributed by atoms with van der Waals surface area (Å²) in [5.74, 6) is 2.13. The van der Waals surface area contributed by atoms with Gasteiger partial charge in [-0.25, -0.2) is 9.97 Å². The van der Waals surface area contributed by atoms with Crippen molar-refractivity contribution in [1.82, 2.24) is 15.3 Å². The van der Waals surface area contributed by atoms with Crippen molar-refractivity contribution in [3.63, 3.8) is 0 Å². The molecule has 5 heteroatoms. The third-order valence-electron chi connectivity index (χ3n) is 4.19. The van der Waals surface area contributed by atoms with Gasteiger partial charge >= 0.3 is 0 Å². The zero-order valence-electron chi connectivity index (χ0n) is 10.5. The third-order valence-corrected chi connectivity index (χ3v) is 4.19. The molecule has 5 nitrogen and oxygen atoms in total. The molecule has 3 unspecified atom stereocenters. The van der Waals surface area contributed by atoms with Gasteiger partial charge in [-0.3, -0.25) is 0 Å². The lowest BCUT2D eigenvalue weighted by Crippen LogP contribution is -2.36. The predicted molar refractivity (Wildman–Crippen MR) is 68.0 cm³/mol. The maximum Gasteiger partial charge on any atom is 0.183 e. The lowest BCUT2D eigenvalue weighted by molar-refractivity contribution is 0.441. The number of hydrogen-bond donors (Lipinski definition) is 1. The number of nitrogens with zero attached hydrogens (tertiary/aromatic N) is 4. The molecule has 18 heavy (non-hydrogen) atoms. The van der Waals surface area contributed by atoms with Gasteiger partial charge in [0, 0.05) is 38.1 Å². The Morgan fingerprint density at radius 1 is 1.44 bits per heavy atom. The molecule has 0 spiro atoms. The Morgan fingerprint density at radius 3 is 3.06 bits per heavy atom. The van der Waals surface area contributed by atoms with Gasteiger partial charge in [0.2, 0.25) is 0 Å². The third kappa shape index (κ3) is 1.65. The summed E-state index contributed by atoms with van der Waals surface area (Å²) in [7, 11) is 0. The van der Waals surface area contributed by atoms with Crippen molar-refractivity contribution in [2.24, 2.45) is 11.8 Å². The van der Waals surface area contributed by atoms with Gasteiger partial charge in [-0.2, -0.15) is 5.26 Å². The molecule has 0 bridgehead atoms. The molecule has 1 aromatic rings. The summed E-state index contributed by atoms with van der Waals surface area (Å²) >= 11 is 0. The smallest absolute Gasteiger partial charge is 0.183 e. The average molecular weight is 243 g/mol. The van der Waals surface area contributed by atoms with Crippen LogP contribution in [0.25, 0.3) is 0 Å². The molecule has 0 aliphatic carbocycles. The van der Waals surface area contributed by atoms with Crippen LogP contribution in [0.4, 0.5) is 5.82 Å². The van der Waals surface area contributed by atoms with Gasteiger partial charge in [0.25, 0.3) is 0 Å². The van der Waals surface area contributed by atoms with Crippen LogP contribution in [0.15, 0.2) is 12.4 Å². The molecule has 0 aromatic carbocycles. The van der Waals surface area contributed by atoms with Crippen LogP contribution in [0, 0.1) is 23.2 Å². The molecule has 2 saturated heterocycles. The quantitative estimate of drug-likeness (QED) is 0.831. The molecule has 0 amide bonds. The average Bonchev–Trinajstić information content (AvgIpc) is 2.98. The molecule has 0 saturated carbocycles. The van der Waals surface area contributed by atoms with Crippen LogP contribution in [0.2, 0.25) is 0 Å². The van der Waals surface area contributed by atoms with Gasteiger partial charge in [0.15, 0.2) is 11.5 Å². The van der Waals surface area contributed by atoms with Crippen LogP contribution in [0.3, 0.4) is 0 Å². The summed E-state index contributed by atoms with van der Waals surface area (Å²) in [6.45, 7) is 5.37. The van der Waals surface area contributed by atoms with Gasteiger partial charge < -0.3 is 10.2 Å². The van der Waals surface area contributed by atoms with Crippen LogP contribution in [0.5, 0.6) is 0 Å². The topological polar surface area (TPSA) is 64.8 Å². The number of aromatic nitrogens is 2. The van der Waals surface area contributed by atoms with Gasteiger partial charge in [0.1, 0.15) is 6.07 Å². The minimum Gasteiger partial charge on any atom is -0.351 e. The summed E-state index contributed by atoms with van der Waals surface area (Å²) in [6.07, 6.45) is 4.35. The number of nitrogens with one attached hydrogen (secondary N) is 1. The fourth-order valence-electron chi connectivity index (χ4n) is 3.41. The molecule has 3 rings (SSSR count). The highest BCUT2D eigenvalue weighted by Crippen LogP contribution is 2.37. The largest absolute Gasteiger partial charge is 0.351 e. The van der Waals surface area contributed by atoms with Crippen LogP contribution in [-0.4, -0.2) is 35.6 Å². The molecular formula is C13H17N5. The van der Waals surface area contributed by atoms with E-state index >= 15 is 0 Å². The van der Waals surface area contributed by atoms with Gasteiger partial charge in [-0.1, -0.05) is 6.92 Å². The van der Waals surface area contributed by atoms with Crippen molar-refractivity contribution in [2.45, 2.75) is 19.4 Å². The highest BCUT2D eigenvalue weighted by Gasteiger charge is 2.44. The van der Waals surface area contributed by atoms with Crippen molar-refractivity contribution >= 4 is 5.82 Å². The Bertz CT molecular complexity index is 481. The molecule has 3 heterocycles. The van der Waals surface area contributed by atoms with Crippen molar-refractivity contribution in [3.05, 3.63) is 18.1 Å². The standard InChI is InChI=1S/C13H17N5/c1-2-12-10-7-15-6-9(10)8-18(12)13-11(5-14)16-3-4-17-13/h3-4,9-10,12,15H,2,6-8H2,1H3. The minimum atomic E-state index is 0.448. The Kier molecular flexibility index (Phi) is 2.88. The van der Waals surface area contributed by atoms with Crippen molar-refractivity contribution in [1.29, 1.82) is 5.26 Å². The fraction of sp³-hybridized carbons (Fsp3) is 0.615. The lowest BCUT2D eigenvalue weighted by atomic mass is 9.93. The monoisotopic (exact) mass is 243 g/mol. The Balaban J connectivity index is 1.95. The first-order chi connectivity index (χ1) is 8.85. The molecule has 2 aliphatic rings. The minimum absolute atomic E-state index is 0.448. The summed E-state index contributed by atoms with van der Waals surface area (Å²) in [6, 6.07) is 2.63. The number of hydrogen-bond acceptors (Lipinski definition) is 5. The van der Waals surface area contributed by atoms with Crippen LogP contribution >= 0.6 is 0 Å². The zero-order chi connectivity index (χ0) is 12.5. The SMILES string of the molecule is CCC1C2CNCC2CN1c1nccnc1C#N. The number of rotatable bonds is 2. The second-order valence-electron chi connectivity index (χ2n) is 5.05. The van der Waals surface area contributed by atoms with Gasteiger partial charge in [-0.15, -0.1) is 0 Å². The van der Waals surface area contributed by atoms with E-state index in [-0.39, 0.29) is 0 Å². The fourth-order valence-corrected chi connectivity index (χ4v) is 3.41. The van der Waals surface area contributed by atoms with Crippen molar-refractivity contribution in [2.75, 3.05) is 24.5 Å². The van der Waals surface area contributed by atoms with Crippen LogP contribution in [-0.2, 0) is 0 Å². The van der Waals surface area contributed by atoms with Gasteiger partial charge in [0.05, 0.1) is 0 Å². The highest BCUT2D eigenvalue weighted by molar-refractivity contribution is 5.51. The molecule has 0 radical (unpaired) electrons. The van der Waals surface area contributed by atoms with Gasteiger partial charge in [-0.05, 0) is 18.3 Å². The lowest BCUT2D eigenvalue weighted by Gasteiger charge is -2.28. The second kappa shape index (κ2) is 4.54. The Morgan fingerprint density at radius 2 is 2.28 bits per heavy atom. The number of nitriles is 1. The Labute approximate surface area is 107 Å². The number of fused-ring (bicyclic) bond motifs is 1. The summed E-state index contributed by atoms with van der Waals surface area (Å²) in [5.41, 5.74) is 0.448. The molecular weight excluding hydrogens is 226 g/mol. The van der Waals surface area contributed by atoms with E-state index in [4.69, 9.17) is 5.26 Å². The predicted octanol–water partition coefficient (Wildman–Crippen LogP) is 0.782. The first kappa shape index (κ1) is 11.4. The first-order valence-corrected chi connectivity index (χ1v) is 6.53. The molecule has 1 N–H and O–H groups in total. The van der Waals surface area contributed by atoms with E-state index in [1.807, 2.05) is 0 Å². The maximum absolute atomic E-state index is 9.15.